The molecule has 0 spiro atoms. The zero-order valence-electron chi connectivity index (χ0n) is 9.38. The van der Waals surface area contributed by atoms with Crippen LogP contribution >= 0.6 is 10.2 Å². The molecule has 0 radical (unpaired) electrons. The Labute approximate surface area is 107 Å². The maximum atomic E-state index is 13.1. The topological polar surface area (TPSA) is 79.6 Å². The molecule has 0 bridgehead atoms. The van der Waals surface area contributed by atoms with E-state index < -0.39 is 26.6 Å². The number of aromatic nitrogens is 3. The molecular formula is C8H7F6N5S. The third-order valence-corrected chi connectivity index (χ3v) is 3.20. The number of nitrogens with two attached hydrogens (primary N) is 1. The Kier molecular flexibility index (Phi) is 2.51. The van der Waals surface area contributed by atoms with E-state index in [1.54, 1.807) is 0 Å². The number of hydrogen-bond donors (Lipinski definition) is 3. The van der Waals surface area contributed by atoms with Crippen LogP contribution in [-0.4, -0.2) is 15.2 Å². The average molecular weight is 319 g/mol. The lowest BCUT2D eigenvalue weighted by molar-refractivity contribution is 0.363. The standard InChI is InChI=1S/C8H7F6N5S/c9-4-1-5(16-8-17-7(15)18-19-8)3-6(2-4)20(10,11,12,13)14/h1-3H,(H4,15,16,17,18,19). The van der Waals surface area contributed by atoms with Crippen LogP contribution < -0.4 is 11.1 Å². The number of hydrogen-bond acceptors (Lipinski definition) is 4. The summed E-state index contributed by atoms with van der Waals surface area (Å²) < 4.78 is 76.1. The number of nitrogen functional groups attached to an aromatic ring is 1. The van der Waals surface area contributed by atoms with Crippen molar-refractivity contribution in [1.82, 2.24) is 15.2 Å². The number of nitrogens with one attached hydrogen (secondary N) is 2. The van der Waals surface area contributed by atoms with Crippen molar-refractivity contribution in [3.05, 3.63) is 24.0 Å². The molecule has 0 saturated carbocycles. The highest BCUT2D eigenvalue weighted by Crippen LogP contribution is 3.02. The van der Waals surface area contributed by atoms with E-state index in [9.17, 15) is 23.8 Å². The van der Waals surface area contributed by atoms with E-state index in [4.69, 9.17) is 5.73 Å². The van der Waals surface area contributed by atoms with Gasteiger partial charge in [0.1, 0.15) is 10.7 Å². The third-order valence-electron chi connectivity index (χ3n) is 2.08. The molecule has 20 heavy (non-hydrogen) atoms. The van der Waals surface area contributed by atoms with Crippen molar-refractivity contribution in [1.29, 1.82) is 0 Å². The first-order chi connectivity index (χ1) is 8.83. The molecule has 2 aromatic rings. The predicted octanol–water partition coefficient (Wildman–Crippen LogP) is 3.93. The van der Waals surface area contributed by atoms with Crippen molar-refractivity contribution >= 4 is 27.8 Å². The fourth-order valence-corrected chi connectivity index (χ4v) is 2.00. The van der Waals surface area contributed by atoms with E-state index in [1.807, 2.05) is 0 Å². The zero-order chi connectivity index (χ0) is 15.2. The van der Waals surface area contributed by atoms with E-state index in [0.717, 1.165) is 0 Å². The Bertz CT molecular complexity index is 666. The molecular weight excluding hydrogens is 312 g/mol. The molecule has 0 amide bonds. The molecule has 0 atom stereocenters. The first-order valence-electron chi connectivity index (χ1n) is 4.83. The highest BCUT2D eigenvalue weighted by molar-refractivity contribution is 8.45. The first-order valence-corrected chi connectivity index (χ1v) is 6.78. The number of H-pyrrole nitrogens is 1. The van der Waals surface area contributed by atoms with E-state index in [1.165, 1.54) is 0 Å². The Balaban J connectivity index is 2.45. The van der Waals surface area contributed by atoms with E-state index in [2.05, 4.69) is 20.5 Å². The Morgan fingerprint density at radius 1 is 1.10 bits per heavy atom. The Hall–Kier alpha value is -2.11. The number of anilines is 3. The van der Waals surface area contributed by atoms with Gasteiger partial charge in [-0.25, -0.2) is 9.49 Å². The molecule has 1 aromatic heterocycles. The van der Waals surface area contributed by atoms with Gasteiger partial charge in [0.25, 0.3) is 0 Å². The van der Waals surface area contributed by atoms with Gasteiger partial charge in [-0.1, -0.05) is 19.4 Å². The second kappa shape index (κ2) is 3.50. The van der Waals surface area contributed by atoms with Gasteiger partial charge in [0, 0.05) is 5.69 Å². The van der Waals surface area contributed by atoms with E-state index >= 15 is 0 Å². The molecule has 0 aliphatic rings. The summed E-state index contributed by atoms with van der Waals surface area (Å²) in [6, 6.07) is 0.371. The lowest BCUT2D eigenvalue weighted by Crippen LogP contribution is -2.07. The highest BCUT2D eigenvalue weighted by atomic mass is 32.5. The summed E-state index contributed by atoms with van der Waals surface area (Å²) >= 11 is 0. The van der Waals surface area contributed by atoms with Gasteiger partial charge in [0.15, 0.2) is 0 Å². The lowest BCUT2D eigenvalue weighted by atomic mass is 10.3. The minimum absolute atomic E-state index is 0.0667. The minimum atomic E-state index is -9.97. The SMILES string of the molecule is Nc1nc(Nc2cc(F)cc(S(F)(F)(F)(F)F)c2)n[nH]1. The first kappa shape index (κ1) is 14.3. The fraction of sp³-hybridized carbons (Fsp3) is 0. The normalized spacial score (nSPS) is 15.5. The molecule has 5 nitrogen and oxygen atoms in total. The molecule has 0 saturated heterocycles. The molecule has 12 heteroatoms. The number of rotatable bonds is 3. The second-order valence-corrected chi connectivity index (χ2v) is 6.22. The van der Waals surface area contributed by atoms with Crippen molar-refractivity contribution in [3.63, 3.8) is 0 Å². The molecule has 0 aliphatic heterocycles. The van der Waals surface area contributed by atoms with Crippen LogP contribution in [0.3, 0.4) is 0 Å². The smallest absolute Gasteiger partial charge is 0.310 e. The summed E-state index contributed by atoms with van der Waals surface area (Å²) in [5, 5.41) is 7.70. The molecule has 0 unspecified atom stereocenters. The summed E-state index contributed by atoms with van der Waals surface area (Å²) in [6.07, 6.45) is 0. The molecule has 2 rings (SSSR count). The van der Waals surface area contributed by atoms with Gasteiger partial charge >= 0.3 is 10.2 Å². The van der Waals surface area contributed by atoms with Gasteiger partial charge in [-0.05, 0) is 18.2 Å². The monoisotopic (exact) mass is 319 g/mol. The summed E-state index contributed by atoms with van der Waals surface area (Å²) in [6.45, 7) is 0. The van der Waals surface area contributed by atoms with Gasteiger partial charge in [0.2, 0.25) is 11.9 Å². The van der Waals surface area contributed by atoms with Crippen LogP contribution in [0.5, 0.6) is 0 Å². The fourth-order valence-electron chi connectivity index (χ4n) is 1.32. The number of nitrogens with zero attached hydrogens (tertiary/aromatic N) is 2. The van der Waals surface area contributed by atoms with Crippen LogP contribution in [0.1, 0.15) is 0 Å². The minimum Gasteiger partial charge on any atom is -0.368 e. The van der Waals surface area contributed by atoms with Gasteiger partial charge < -0.3 is 11.1 Å². The van der Waals surface area contributed by atoms with Crippen molar-refractivity contribution in [2.24, 2.45) is 0 Å². The van der Waals surface area contributed by atoms with Gasteiger partial charge in [-0.2, -0.15) is 4.98 Å². The van der Waals surface area contributed by atoms with E-state index in [-0.39, 0.29) is 24.0 Å². The summed E-state index contributed by atoms with van der Waals surface area (Å²) in [4.78, 5) is 1.13. The van der Waals surface area contributed by atoms with Crippen LogP contribution in [0.2, 0.25) is 0 Å². The molecule has 1 aromatic carbocycles. The molecule has 1 heterocycles. The van der Waals surface area contributed by atoms with Crippen molar-refractivity contribution < 1.29 is 23.8 Å². The third kappa shape index (κ3) is 3.26. The lowest BCUT2D eigenvalue weighted by Gasteiger charge is -2.40. The largest absolute Gasteiger partial charge is 0.368 e. The highest BCUT2D eigenvalue weighted by Gasteiger charge is 2.65. The van der Waals surface area contributed by atoms with Crippen LogP contribution in [0, 0.1) is 5.82 Å². The van der Waals surface area contributed by atoms with Crippen LogP contribution in [-0.2, 0) is 0 Å². The number of halogens is 6. The van der Waals surface area contributed by atoms with Gasteiger partial charge in [-0.3, -0.25) is 0 Å². The van der Waals surface area contributed by atoms with Gasteiger partial charge in [0.05, 0.1) is 0 Å². The molecule has 0 fully saturated rings. The molecule has 0 aliphatic carbocycles. The zero-order valence-corrected chi connectivity index (χ0v) is 10.2. The number of benzene rings is 1. The Morgan fingerprint density at radius 2 is 1.75 bits per heavy atom. The Morgan fingerprint density at radius 3 is 2.25 bits per heavy atom. The van der Waals surface area contributed by atoms with E-state index in [0.29, 0.717) is 6.07 Å². The molecule has 4 N–H and O–H groups in total. The quantitative estimate of drug-likeness (QED) is 0.749. The summed E-state index contributed by atoms with van der Waals surface area (Å²) in [5.74, 6) is -1.93. The second-order valence-electron chi connectivity index (χ2n) is 3.81. The average Bonchev–Trinajstić information content (AvgIpc) is 2.59. The van der Waals surface area contributed by atoms with Gasteiger partial charge in [-0.15, -0.1) is 5.10 Å². The maximum Gasteiger partial charge on any atom is 0.310 e. The van der Waals surface area contributed by atoms with Crippen LogP contribution in [0.4, 0.5) is 41.4 Å². The van der Waals surface area contributed by atoms with Crippen molar-refractivity contribution in [3.8, 4) is 0 Å². The summed E-state index contributed by atoms with van der Waals surface area (Å²) in [5.41, 5.74) is 4.58. The van der Waals surface area contributed by atoms with Crippen molar-refractivity contribution in [2.75, 3.05) is 11.1 Å². The molecule has 112 valence electrons. The van der Waals surface area contributed by atoms with Crippen LogP contribution in [0.25, 0.3) is 0 Å². The predicted molar refractivity (Wildman–Crippen MR) is 61.9 cm³/mol. The maximum absolute atomic E-state index is 13.1. The summed E-state index contributed by atoms with van der Waals surface area (Å²) in [7, 11) is -9.97. The van der Waals surface area contributed by atoms with Crippen molar-refractivity contribution in [2.45, 2.75) is 4.90 Å². The van der Waals surface area contributed by atoms with Crippen LogP contribution in [0.15, 0.2) is 23.1 Å². The number of aromatic amines is 1.